The summed E-state index contributed by atoms with van der Waals surface area (Å²) < 4.78 is 0. The maximum atomic E-state index is 3.38. The molecule has 1 nitrogen and oxygen atoms in total. The van der Waals surface area contributed by atoms with Crippen LogP contribution in [0.1, 0.15) is 45.2 Å². The van der Waals surface area contributed by atoms with Gasteiger partial charge in [0.1, 0.15) is 0 Å². The zero-order valence-electron chi connectivity index (χ0n) is 11.4. The lowest BCUT2D eigenvalue weighted by Gasteiger charge is -2.17. The summed E-state index contributed by atoms with van der Waals surface area (Å²) in [6.45, 7) is 9.13. The summed E-state index contributed by atoms with van der Waals surface area (Å²) in [4.78, 5) is 3.38. The van der Waals surface area contributed by atoms with Gasteiger partial charge in [0.2, 0.25) is 0 Å². The van der Waals surface area contributed by atoms with Crippen molar-refractivity contribution in [2.75, 3.05) is 0 Å². The van der Waals surface area contributed by atoms with Gasteiger partial charge in [-0.1, -0.05) is 33.8 Å². The van der Waals surface area contributed by atoms with Crippen molar-refractivity contribution in [3.8, 4) is 0 Å². The van der Waals surface area contributed by atoms with Gasteiger partial charge < -0.3 is 4.98 Å². The maximum Gasteiger partial charge on any atom is 0.0456 e. The molecule has 0 aliphatic heterocycles. The number of aromatic amines is 1. The summed E-state index contributed by atoms with van der Waals surface area (Å²) in [7, 11) is 0. The third-order valence-electron chi connectivity index (χ3n) is 3.38. The van der Waals surface area contributed by atoms with E-state index >= 15 is 0 Å². The van der Waals surface area contributed by atoms with Crippen LogP contribution in [-0.2, 0) is 12.8 Å². The third-order valence-corrected chi connectivity index (χ3v) is 3.38. The van der Waals surface area contributed by atoms with Crippen molar-refractivity contribution < 1.29 is 0 Å². The Hall–Kier alpha value is -1.24. The first-order valence-electron chi connectivity index (χ1n) is 6.58. The van der Waals surface area contributed by atoms with Gasteiger partial charge >= 0.3 is 0 Å². The Labute approximate surface area is 104 Å². The SMILES string of the molecule is CCc1ccc2[nH]cc(CCC(C)(C)C)c2c1. The number of aromatic nitrogens is 1. The highest BCUT2D eigenvalue weighted by molar-refractivity contribution is 5.83. The molecule has 0 amide bonds. The highest BCUT2D eigenvalue weighted by Crippen LogP contribution is 2.26. The molecule has 0 fully saturated rings. The number of hydrogen-bond acceptors (Lipinski definition) is 0. The van der Waals surface area contributed by atoms with Crippen LogP contribution in [0.3, 0.4) is 0 Å². The smallest absolute Gasteiger partial charge is 0.0456 e. The predicted molar refractivity (Wildman–Crippen MR) is 75.5 cm³/mol. The number of aryl methyl sites for hydroxylation is 2. The predicted octanol–water partition coefficient (Wildman–Crippen LogP) is 4.71. The molecule has 0 spiro atoms. The van der Waals surface area contributed by atoms with Crippen molar-refractivity contribution in [1.29, 1.82) is 0 Å². The molecule has 0 bridgehead atoms. The van der Waals surface area contributed by atoms with Crippen LogP contribution in [0.25, 0.3) is 10.9 Å². The number of fused-ring (bicyclic) bond motifs is 1. The lowest BCUT2D eigenvalue weighted by Crippen LogP contribution is -2.06. The summed E-state index contributed by atoms with van der Waals surface area (Å²) in [5.41, 5.74) is 4.57. The lowest BCUT2D eigenvalue weighted by atomic mass is 9.88. The zero-order valence-corrected chi connectivity index (χ0v) is 11.4. The summed E-state index contributed by atoms with van der Waals surface area (Å²) in [6.07, 6.45) is 5.68. The van der Waals surface area contributed by atoms with Crippen LogP contribution in [0.15, 0.2) is 24.4 Å². The Kier molecular flexibility index (Phi) is 3.28. The minimum atomic E-state index is 0.409. The molecule has 1 heteroatoms. The van der Waals surface area contributed by atoms with Gasteiger partial charge in [0, 0.05) is 17.1 Å². The van der Waals surface area contributed by atoms with Crippen LogP contribution < -0.4 is 0 Å². The minimum absolute atomic E-state index is 0.409. The van der Waals surface area contributed by atoms with Crippen LogP contribution in [0.4, 0.5) is 0 Å². The summed E-state index contributed by atoms with van der Waals surface area (Å²) in [6, 6.07) is 6.75. The van der Waals surface area contributed by atoms with E-state index in [0.29, 0.717) is 5.41 Å². The fraction of sp³-hybridized carbons (Fsp3) is 0.500. The van der Waals surface area contributed by atoms with Gasteiger partial charge in [-0.15, -0.1) is 0 Å². The Morgan fingerprint density at radius 2 is 1.94 bits per heavy atom. The molecule has 1 N–H and O–H groups in total. The normalized spacial score (nSPS) is 12.2. The zero-order chi connectivity index (χ0) is 12.5. The van der Waals surface area contributed by atoms with Crippen LogP contribution >= 0.6 is 0 Å². The van der Waals surface area contributed by atoms with Crippen molar-refractivity contribution >= 4 is 10.9 Å². The highest BCUT2D eigenvalue weighted by atomic mass is 14.7. The largest absolute Gasteiger partial charge is 0.361 e. The van der Waals surface area contributed by atoms with E-state index in [0.717, 1.165) is 12.8 Å². The molecule has 17 heavy (non-hydrogen) atoms. The second-order valence-corrected chi connectivity index (χ2v) is 6.11. The topological polar surface area (TPSA) is 15.8 Å². The van der Waals surface area contributed by atoms with Crippen molar-refractivity contribution in [2.24, 2.45) is 5.41 Å². The summed E-state index contributed by atoms with van der Waals surface area (Å²) in [5.74, 6) is 0. The van der Waals surface area contributed by atoms with E-state index in [-0.39, 0.29) is 0 Å². The van der Waals surface area contributed by atoms with E-state index in [2.05, 4.69) is 57.1 Å². The van der Waals surface area contributed by atoms with Crippen LogP contribution in [0.2, 0.25) is 0 Å². The Balaban J connectivity index is 2.28. The van der Waals surface area contributed by atoms with Crippen molar-refractivity contribution in [3.05, 3.63) is 35.5 Å². The molecule has 2 rings (SSSR count). The monoisotopic (exact) mass is 229 g/mol. The van der Waals surface area contributed by atoms with Crippen molar-refractivity contribution in [3.63, 3.8) is 0 Å². The molecule has 0 saturated heterocycles. The standard InChI is InChI=1S/C16H23N/c1-5-12-6-7-15-14(10-12)13(11-17-15)8-9-16(2,3)4/h6-7,10-11,17H,5,8-9H2,1-4H3. The number of benzene rings is 1. The van der Waals surface area contributed by atoms with Crippen LogP contribution in [-0.4, -0.2) is 4.98 Å². The average molecular weight is 229 g/mol. The minimum Gasteiger partial charge on any atom is -0.361 e. The molecule has 0 unspecified atom stereocenters. The highest BCUT2D eigenvalue weighted by Gasteiger charge is 2.12. The van der Waals surface area contributed by atoms with E-state index in [9.17, 15) is 0 Å². The average Bonchev–Trinajstić information content (AvgIpc) is 2.67. The number of hydrogen-bond donors (Lipinski definition) is 1. The molecule has 0 aliphatic rings. The molecule has 92 valence electrons. The van der Waals surface area contributed by atoms with Gasteiger partial charge in [0.05, 0.1) is 0 Å². The molecular formula is C16H23N. The second kappa shape index (κ2) is 4.56. The molecule has 1 heterocycles. The Morgan fingerprint density at radius 1 is 1.18 bits per heavy atom. The van der Waals surface area contributed by atoms with Gasteiger partial charge in [-0.2, -0.15) is 0 Å². The van der Waals surface area contributed by atoms with Gasteiger partial charge in [0.25, 0.3) is 0 Å². The fourth-order valence-electron chi connectivity index (χ4n) is 2.16. The summed E-state index contributed by atoms with van der Waals surface area (Å²) >= 11 is 0. The first-order valence-corrected chi connectivity index (χ1v) is 6.58. The van der Waals surface area contributed by atoms with Gasteiger partial charge in [-0.3, -0.25) is 0 Å². The third kappa shape index (κ3) is 2.91. The molecule has 1 aromatic carbocycles. The van der Waals surface area contributed by atoms with Crippen LogP contribution in [0, 0.1) is 5.41 Å². The van der Waals surface area contributed by atoms with E-state index < -0.39 is 0 Å². The van der Waals surface area contributed by atoms with Gasteiger partial charge in [-0.05, 0) is 47.9 Å². The number of rotatable bonds is 3. The van der Waals surface area contributed by atoms with E-state index in [1.165, 1.54) is 28.5 Å². The Bertz CT molecular complexity index is 500. The van der Waals surface area contributed by atoms with Crippen molar-refractivity contribution in [1.82, 2.24) is 4.98 Å². The van der Waals surface area contributed by atoms with Crippen LogP contribution in [0.5, 0.6) is 0 Å². The molecule has 0 radical (unpaired) electrons. The summed E-state index contributed by atoms with van der Waals surface area (Å²) in [5, 5.41) is 1.41. The number of nitrogens with one attached hydrogen (secondary N) is 1. The number of H-pyrrole nitrogens is 1. The lowest BCUT2D eigenvalue weighted by molar-refractivity contribution is 0.378. The molecule has 0 atom stereocenters. The first kappa shape index (κ1) is 12.2. The quantitative estimate of drug-likeness (QED) is 0.784. The van der Waals surface area contributed by atoms with Crippen molar-refractivity contribution in [2.45, 2.75) is 47.0 Å². The van der Waals surface area contributed by atoms with Gasteiger partial charge in [0.15, 0.2) is 0 Å². The van der Waals surface area contributed by atoms with E-state index in [4.69, 9.17) is 0 Å². The molecule has 1 aromatic heterocycles. The molecule has 2 aromatic rings. The van der Waals surface area contributed by atoms with Gasteiger partial charge in [-0.25, -0.2) is 0 Å². The second-order valence-electron chi connectivity index (χ2n) is 6.11. The fourth-order valence-corrected chi connectivity index (χ4v) is 2.16. The molecular weight excluding hydrogens is 206 g/mol. The van der Waals surface area contributed by atoms with E-state index in [1.54, 1.807) is 0 Å². The maximum absolute atomic E-state index is 3.38. The van der Waals surface area contributed by atoms with E-state index in [1.807, 2.05) is 0 Å². The first-order chi connectivity index (χ1) is 7.99. The molecule has 0 saturated carbocycles. The Morgan fingerprint density at radius 3 is 2.59 bits per heavy atom. The molecule has 0 aliphatic carbocycles.